The van der Waals surface area contributed by atoms with E-state index in [2.05, 4.69) is 0 Å². The molecule has 1 aliphatic heterocycles. The Hall–Kier alpha value is -2.24. The first-order valence-corrected chi connectivity index (χ1v) is 5.78. The smallest absolute Gasteiger partial charge is 0.411 e. The van der Waals surface area contributed by atoms with Crippen LogP contribution in [0.3, 0.4) is 0 Å². The summed E-state index contributed by atoms with van der Waals surface area (Å²) in [6, 6.07) is 7.15. The lowest BCUT2D eigenvalue weighted by atomic mass is 10.0. The number of ether oxygens (including phenoxy) is 2. The molecule has 6 heteroatoms. The largest absolute Gasteiger partial charge is 0.496 e. The standard InChI is InChI=1S/C13H15NO5/c1-13(11(15)16)8-19-12(17)14(13)7-9-5-3-4-6-10(9)18-2/h3-6H,7-8H2,1-2H3,(H,15,16). The molecule has 102 valence electrons. The van der Waals surface area contributed by atoms with Crippen molar-refractivity contribution in [1.82, 2.24) is 4.90 Å². The van der Waals surface area contributed by atoms with Gasteiger partial charge in [-0.1, -0.05) is 18.2 Å². The minimum absolute atomic E-state index is 0.131. The number of carbonyl (C=O) groups excluding carboxylic acids is 1. The molecule has 1 fully saturated rings. The van der Waals surface area contributed by atoms with Gasteiger partial charge >= 0.3 is 12.1 Å². The number of aliphatic carboxylic acids is 1. The molecule has 0 radical (unpaired) electrons. The molecule has 1 heterocycles. The van der Waals surface area contributed by atoms with E-state index in [4.69, 9.17) is 9.47 Å². The van der Waals surface area contributed by atoms with E-state index in [9.17, 15) is 14.7 Å². The van der Waals surface area contributed by atoms with E-state index in [0.29, 0.717) is 5.75 Å². The molecule has 1 N–H and O–H groups in total. The first kappa shape index (κ1) is 13.2. The van der Waals surface area contributed by atoms with Crippen molar-refractivity contribution in [3.05, 3.63) is 29.8 Å². The molecule has 0 saturated carbocycles. The van der Waals surface area contributed by atoms with Crippen LogP contribution in [0.2, 0.25) is 0 Å². The molecule has 0 aromatic heterocycles. The second kappa shape index (κ2) is 4.79. The summed E-state index contributed by atoms with van der Waals surface area (Å²) in [4.78, 5) is 24.2. The first-order chi connectivity index (χ1) is 8.99. The van der Waals surface area contributed by atoms with Crippen molar-refractivity contribution in [2.45, 2.75) is 19.0 Å². The van der Waals surface area contributed by atoms with Gasteiger partial charge in [0.1, 0.15) is 12.4 Å². The molecule has 1 aromatic rings. The number of rotatable bonds is 4. The normalized spacial score (nSPS) is 22.2. The number of hydrogen-bond donors (Lipinski definition) is 1. The van der Waals surface area contributed by atoms with E-state index in [1.165, 1.54) is 18.9 Å². The highest BCUT2D eigenvalue weighted by Gasteiger charge is 2.49. The molecule has 1 saturated heterocycles. The first-order valence-electron chi connectivity index (χ1n) is 5.78. The van der Waals surface area contributed by atoms with Crippen LogP contribution in [0, 0.1) is 0 Å². The Bertz CT molecular complexity index is 516. The predicted molar refractivity (Wildman–Crippen MR) is 65.9 cm³/mol. The van der Waals surface area contributed by atoms with Crippen molar-refractivity contribution in [2.24, 2.45) is 0 Å². The molecule has 0 spiro atoms. The van der Waals surface area contributed by atoms with Gasteiger partial charge in [-0.05, 0) is 13.0 Å². The summed E-state index contributed by atoms with van der Waals surface area (Å²) < 4.78 is 10.0. The van der Waals surface area contributed by atoms with Gasteiger partial charge in [0, 0.05) is 5.56 Å². The topological polar surface area (TPSA) is 76.1 Å². The molecule has 6 nitrogen and oxygen atoms in total. The molecule has 1 aromatic carbocycles. The maximum atomic E-state index is 11.7. The van der Waals surface area contributed by atoms with Gasteiger partial charge in [0.2, 0.25) is 0 Å². The zero-order valence-electron chi connectivity index (χ0n) is 10.8. The van der Waals surface area contributed by atoms with Gasteiger partial charge in [0.05, 0.1) is 13.7 Å². The Morgan fingerprint density at radius 2 is 2.21 bits per heavy atom. The predicted octanol–water partition coefficient (Wildman–Crippen LogP) is 1.49. The van der Waals surface area contributed by atoms with E-state index in [1.807, 2.05) is 0 Å². The zero-order chi connectivity index (χ0) is 14.0. The van der Waals surface area contributed by atoms with Crippen LogP contribution in [0.15, 0.2) is 24.3 Å². The number of benzene rings is 1. The van der Waals surface area contributed by atoms with Gasteiger partial charge < -0.3 is 14.6 Å². The SMILES string of the molecule is COc1ccccc1CN1C(=O)OCC1(C)C(=O)O. The average Bonchev–Trinajstić information content (AvgIpc) is 2.69. The highest BCUT2D eigenvalue weighted by atomic mass is 16.6. The van der Waals surface area contributed by atoms with Crippen LogP contribution in [-0.4, -0.2) is 41.3 Å². The Labute approximate surface area is 110 Å². The molecule has 0 aliphatic carbocycles. The summed E-state index contributed by atoms with van der Waals surface area (Å²) >= 11 is 0. The monoisotopic (exact) mass is 265 g/mol. The molecule has 1 unspecified atom stereocenters. The van der Waals surface area contributed by atoms with Gasteiger partial charge in [-0.3, -0.25) is 4.90 Å². The summed E-state index contributed by atoms with van der Waals surface area (Å²) in [6.07, 6.45) is -0.629. The van der Waals surface area contributed by atoms with E-state index in [1.54, 1.807) is 24.3 Å². The Balaban J connectivity index is 2.30. The van der Waals surface area contributed by atoms with Gasteiger partial charge in [-0.25, -0.2) is 9.59 Å². The number of amides is 1. The number of methoxy groups -OCH3 is 1. The van der Waals surface area contributed by atoms with Gasteiger partial charge in [-0.15, -0.1) is 0 Å². The summed E-state index contributed by atoms with van der Waals surface area (Å²) in [5.74, 6) is -0.483. The lowest BCUT2D eigenvalue weighted by Crippen LogP contribution is -2.50. The highest BCUT2D eigenvalue weighted by Crippen LogP contribution is 2.29. The Kier molecular flexibility index (Phi) is 3.33. The van der Waals surface area contributed by atoms with Crippen LogP contribution in [0.1, 0.15) is 12.5 Å². The minimum atomic E-state index is -1.35. The van der Waals surface area contributed by atoms with Crippen molar-refractivity contribution >= 4 is 12.1 Å². The van der Waals surface area contributed by atoms with E-state index < -0.39 is 17.6 Å². The number of carbonyl (C=O) groups is 2. The molecule has 0 bridgehead atoms. The number of para-hydroxylation sites is 1. The van der Waals surface area contributed by atoms with Crippen molar-refractivity contribution in [3.8, 4) is 5.75 Å². The summed E-state index contributed by atoms with van der Waals surface area (Å²) in [5.41, 5.74) is -0.617. The van der Waals surface area contributed by atoms with Crippen LogP contribution >= 0.6 is 0 Å². The summed E-state index contributed by atoms with van der Waals surface area (Å²) in [7, 11) is 1.53. The third-order valence-corrected chi connectivity index (χ3v) is 3.27. The third kappa shape index (κ3) is 2.21. The van der Waals surface area contributed by atoms with Gasteiger partial charge in [0.25, 0.3) is 0 Å². The van der Waals surface area contributed by atoms with Gasteiger partial charge in [-0.2, -0.15) is 0 Å². The molecule has 19 heavy (non-hydrogen) atoms. The number of cyclic esters (lactones) is 1. The number of hydrogen-bond acceptors (Lipinski definition) is 4. The van der Waals surface area contributed by atoms with Crippen LogP contribution in [0.25, 0.3) is 0 Å². The molecular formula is C13H15NO5. The van der Waals surface area contributed by atoms with Crippen LogP contribution in [-0.2, 0) is 16.1 Å². The minimum Gasteiger partial charge on any atom is -0.496 e. The van der Waals surface area contributed by atoms with Crippen LogP contribution in [0.4, 0.5) is 4.79 Å². The van der Waals surface area contributed by atoms with Crippen molar-refractivity contribution < 1.29 is 24.2 Å². The third-order valence-electron chi connectivity index (χ3n) is 3.27. The molecule has 2 rings (SSSR count). The van der Waals surface area contributed by atoms with E-state index in [-0.39, 0.29) is 13.2 Å². The van der Waals surface area contributed by atoms with Crippen molar-refractivity contribution in [2.75, 3.05) is 13.7 Å². The van der Waals surface area contributed by atoms with Crippen molar-refractivity contribution in [3.63, 3.8) is 0 Å². The van der Waals surface area contributed by atoms with Crippen molar-refractivity contribution in [1.29, 1.82) is 0 Å². The Morgan fingerprint density at radius 1 is 1.53 bits per heavy atom. The second-order valence-electron chi connectivity index (χ2n) is 4.53. The summed E-state index contributed by atoms with van der Waals surface area (Å²) in [5, 5.41) is 9.26. The zero-order valence-corrected chi connectivity index (χ0v) is 10.8. The lowest BCUT2D eigenvalue weighted by molar-refractivity contribution is -0.147. The fourth-order valence-corrected chi connectivity index (χ4v) is 1.98. The molecule has 1 aliphatic rings. The van der Waals surface area contributed by atoms with Crippen LogP contribution in [0.5, 0.6) is 5.75 Å². The highest BCUT2D eigenvalue weighted by molar-refractivity contribution is 5.86. The average molecular weight is 265 g/mol. The maximum Gasteiger partial charge on any atom is 0.411 e. The number of carboxylic acids is 1. The Morgan fingerprint density at radius 3 is 2.84 bits per heavy atom. The molecule has 1 amide bonds. The molecule has 1 atom stereocenters. The number of carboxylic acid groups (broad SMARTS) is 1. The quantitative estimate of drug-likeness (QED) is 0.892. The maximum absolute atomic E-state index is 11.7. The number of nitrogens with zero attached hydrogens (tertiary/aromatic N) is 1. The lowest BCUT2D eigenvalue weighted by Gasteiger charge is -2.28. The fourth-order valence-electron chi connectivity index (χ4n) is 1.98. The van der Waals surface area contributed by atoms with Gasteiger partial charge in [0.15, 0.2) is 5.54 Å². The molecular weight excluding hydrogens is 250 g/mol. The summed E-state index contributed by atoms with van der Waals surface area (Å²) in [6.45, 7) is 1.44. The fraction of sp³-hybridized carbons (Fsp3) is 0.385. The second-order valence-corrected chi connectivity index (χ2v) is 4.53. The van der Waals surface area contributed by atoms with E-state index >= 15 is 0 Å². The van der Waals surface area contributed by atoms with E-state index in [0.717, 1.165) is 5.56 Å². The van der Waals surface area contributed by atoms with Crippen LogP contribution < -0.4 is 4.74 Å².